The van der Waals surface area contributed by atoms with Crippen molar-refractivity contribution in [3.8, 4) is 5.75 Å². The molecule has 1 unspecified atom stereocenters. The summed E-state index contributed by atoms with van der Waals surface area (Å²) in [4.78, 5) is 11.7. The second-order valence-corrected chi connectivity index (χ2v) is 4.36. The van der Waals surface area contributed by atoms with E-state index in [-0.39, 0.29) is 11.7 Å². The Balaban J connectivity index is 1.79. The third-order valence-electron chi connectivity index (χ3n) is 3.09. The summed E-state index contributed by atoms with van der Waals surface area (Å²) in [6.45, 7) is 1.73. The number of nitrogens with one attached hydrogen (secondary N) is 2. The molecule has 4 heteroatoms. The molecule has 92 valence electrons. The van der Waals surface area contributed by atoms with E-state index in [0.717, 1.165) is 13.0 Å². The van der Waals surface area contributed by atoms with Crippen LogP contribution in [0.25, 0.3) is 0 Å². The Morgan fingerprint density at radius 2 is 2.29 bits per heavy atom. The zero-order chi connectivity index (χ0) is 12.1. The molecule has 1 fully saturated rings. The Kier molecular flexibility index (Phi) is 3.98. The summed E-state index contributed by atoms with van der Waals surface area (Å²) in [5.41, 5.74) is 0.340. The summed E-state index contributed by atoms with van der Waals surface area (Å²) in [5.74, 6) is -0.176. The zero-order valence-corrected chi connectivity index (χ0v) is 9.78. The molecule has 17 heavy (non-hydrogen) atoms. The van der Waals surface area contributed by atoms with Crippen LogP contribution in [0.1, 0.15) is 29.6 Å². The highest BCUT2D eigenvalue weighted by Gasteiger charge is 2.14. The van der Waals surface area contributed by atoms with E-state index >= 15 is 0 Å². The predicted octanol–water partition coefficient (Wildman–Crippen LogP) is 1.26. The van der Waals surface area contributed by atoms with Crippen molar-refractivity contribution in [2.45, 2.75) is 25.3 Å². The molecule has 1 saturated heterocycles. The highest BCUT2D eigenvalue weighted by atomic mass is 16.3. The van der Waals surface area contributed by atoms with E-state index in [1.165, 1.54) is 18.9 Å². The number of phenolic OH excluding ortho intramolecular Hbond substituents is 1. The van der Waals surface area contributed by atoms with Crippen LogP contribution in [-0.4, -0.2) is 30.1 Å². The topological polar surface area (TPSA) is 61.4 Å². The fourth-order valence-electron chi connectivity index (χ4n) is 2.12. The van der Waals surface area contributed by atoms with E-state index in [0.29, 0.717) is 18.2 Å². The van der Waals surface area contributed by atoms with Crippen molar-refractivity contribution in [2.75, 3.05) is 13.1 Å². The molecule has 4 nitrogen and oxygen atoms in total. The number of carbonyl (C=O) groups excluding carboxylic acids is 1. The minimum absolute atomic E-state index is 0.0315. The van der Waals surface area contributed by atoms with Gasteiger partial charge in [-0.25, -0.2) is 0 Å². The quantitative estimate of drug-likeness (QED) is 0.735. The molecule has 3 N–H and O–H groups in total. The van der Waals surface area contributed by atoms with Crippen LogP contribution in [0.4, 0.5) is 0 Å². The molecule has 0 saturated carbocycles. The molecule has 0 aliphatic carbocycles. The zero-order valence-electron chi connectivity index (χ0n) is 9.78. The lowest BCUT2D eigenvalue weighted by molar-refractivity contribution is 0.0949. The third kappa shape index (κ3) is 3.20. The molecule has 1 aromatic carbocycles. The van der Waals surface area contributed by atoms with Crippen molar-refractivity contribution < 1.29 is 9.90 Å². The van der Waals surface area contributed by atoms with Crippen LogP contribution in [0.2, 0.25) is 0 Å². The Labute approximate surface area is 101 Å². The summed E-state index contributed by atoms with van der Waals surface area (Å²) in [7, 11) is 0. The Morgan fingerprint density at radius 1 is 1.47 bits per heavy atom. The van der Waals surface area contributed by atoms with Gasteiger partial charge in [0.2, 0.25) is 0 Å². The van der Waals surface area contributed by atoms with E-state index in [1.807, 2.05) is 0 Å². The van der Waals surface area contributed by atoms with Crippen LogP contribution < -0.4 is 10.6 Å². The van der Waals surface area contributed by atoms with Gasteiger partial charge in [0, 0.05) is 12.6 Å². The second kappa shape index (κ2) is 5.68. The van der Waals surface area contributed by atoms with Crippen LogP contribution >= 0.6 is 0 Å². The van der Waals surface area contributed by atoms with Gasteiger partial charge in [0.25, 0.3) is 5.91 Å². The number of para-hydroxylation sites is 1. The maximum atomic E-state index is 11.7. The van der Waals surface area contributed by atoms with E-state index in [1.54, 1.807) is 18.2 Å². The van der Waals surface area contributed by atoms with Gasteiger partial charge in [-0.05, 0) is 37.9 Å². The fourth-order valence-corrected chi connectivity index (χ4v) is 2.12. The average Bonchev–Trinajstić information content (AvgIpc) is 2.82. The summed E-state index contributed by atoms with van der Waals surface area (Å²) in [6.07, 6.45) is 3.35. The predicted molar refractivity (Wildman–Crippen MR) is 66.1 cm³/mol. The van der Waals surface area contributed by atoms with Crippen LogP contribution in [0.3, 0.4) is 0 Å². The lowest BCUT2D eigenvalue weighted by atomic mass is 10.1. The Bertz CT molecular complexity index is 387. The van der Waals surface area contributed by atoms with Crippen molar-refractivity contribution in [1.82, 2.24) is 10.6 Å². The molecular formula is C13H18N2O2. The first-order valence-electron chi connectivity index (χ1n) is 6.07. The monoisotopic (exact) mass is 234 g/mol. The van der Waals surface area contributed by atoms with Gasteiger partial charge >= 0.3 is 0 Å². The molecule has 1 aromatic rings. The molecule has 1 aliphatic heterocycles. The van der Waals surface area contributed by atoms with Crippen molar-refractivity contribution >= 4 is 5.91 Å². The minimum Gasteiger partial charge on any atom is -0.507 e. The molecule has 1 atom stereocenters. The molecule has 1 amide bonds. The largest absolute Gasteiger partial charge is 0.507 e. The maximum absolute atomic E-state index is 11.7. The highest BCUT2D eigenvalue weighted by molar-refractivity contribution is 5.96. The molecule has 1 aliphatic rings. The molecular weight excluding hydrogens is 216 g/mol. The van der Waals surface area contributed by atoms with Gasteiger partial charge < -0.3 is 15.7 Å². The average molecular weight is 234 g/mol. The normalized spacial score (nSPS) is 19.2. The van der Waals surface area contributed by atoms with Crippen molar-refractivity contribution in [1.29, 1.82) is 0 Å². The summed E-state index contributed by atoms with van der Waals surface area (Å²) in [6, 6.07) is 7.12. The Morgan fingerprint density at radius 3 is 3.00 bits per heavy atom. The number of benzene rings is 1. The molecule has 1 heterocycles. The molecule has 2 rings (SSSR count). The molecule has 0 radical (unpaired) electrons. The van der Waals surface area contributed by atoms with Gasteiger partial charge in [-0.15, -0.1) is 0 Å². The first-order chi connectivity index (χ1) is 8.27. The van der Waals surface area contributed by atoms with Crippen molar-refractivity contribution in [2.24, 2.45) is 0 Å². The smallest absolute Gasteiger partial charge is 0.255 e. The van der Waals surface area contributed by atoms with E-state index in [2.05, 4.69) is 10.6 Å². The van der Waals surface area contributed by atoms with E-state index in [9.17, 15) is 9.90 Å². The summed E-state index contributed by atoms with van der Waals surface area (Å²) >= 11 is 0. The lowest BCUT2D eigenvalue weighted by Gasteiger charge is -2.11. The van der Waals surface area contributed by atoms with Gasteiger partial charge in [-0.2, -0.15) is 0 Å². The van der Waals surface area contributed by atoms with Gasteiger partial charge in [-0.3, -0.25) is 4.79 Å². The van der Waals surface area contributed by atoms with Gasteiger partial charge in [-0.1, -0.05) is 12.1 Å². The lowest BCUT2D eigenvalue weighted by Crippen LogP contribution is -2.30. The van der Waals surface area contributed by atoms with Crippen LogP contribution in [0.15, 0.2) is 24.3 Å². The van der Waals surface area contributed by atoms with Crippen LogP contribution in [-0.2, 0) is 0 Å². The van der Waals surface area contributed by atoms with Gasteiger partial charge in [0.1, 0.15) is 5.75 Å². The molecule has 0 aromatic heterocycles. The number of aromatic hydroxyl groups is 1. The SMILES string of the molecule is O=C(NCCC1CCCN1)c1ccccc1O. The number of phenols is 1. The highest BCUT2D eigenvalue weighted by Crippen LogP contribution is 2.15. The number of amides is 1. The van der Waals surface area contributed by atoms with Crippen molar-refractivity contribution in [3.63, 3.8) is 0 Å². The third-order valence-corrected chi connectivity index (χ3v) is 3.09. The van der Waals surface area contributed by atoms with E-state index < -0.39 is 0 Å². The first kappa shape index (κ1) is 11.9. The minimum atomic E-state index is -0.207. The van der Waals surface area contributed by atoms with Gasteiger partial charge in [0.05, 0.1) is 5.56 Å². The number of rotatable bonds is 4. The van der Waals surface area contributed by atoms with Crippen molar-refractivity contribution in [3.05, 3.63) is 29.8 Å². The number of hydrogen-bond acceptors (Lipinski definition) is 3. The number of carbonyl (C=O) groups is 1. The fraction of sp³-hybridized carbons (Fsp3) is 0.462. The first-order valence-corrected chi connectivity index (χ1v) is 6.07. The molecule has 0 bridgehead atoms. The Hall–Kier alpha value is -1.55. The van der Waals surface area contributed by atoms with Gasteiger partial charge in [0.15, 0.2) is 0 Å². The van der Waals surface area contributed by atoms with Crippen LogP contribution in [0.5, 0.6) is 5.75 Å². The summed E-state index contributed by atoms with van der Waals surface area (Å²) < 4.78 is 0. The van der Waals surface area contributed by atoms with Crippen LogP contribution in [0, 0.1) is 0 Å². The number of hydrogen-bond donors (Lipinski definition) is 3. The second-order valence-electron chi connectivity index (χ2n) is 4.36. The maximum Gasteiger partial charge on any atom is 0.255 e. The molecule has 0 spiro atoms. The summed E-state index contributed by atoms with van der Waals surface area (Å²) in [5, 5.41) is 15.7. The van der Waals surface area contributed by atoms with E-state index in [4.69, 9.17) is 0 Å². The standard InChI is InChI=1S/C13H18N2O2/c16-12-6-2-1-5-11(12)13(17)15-9-7-10-4-3-8-14-10/h1-2,5-6,10,14,16H,3-4,7-9H2,(H,15,17).